The van der Waals surface area contributed by atoms with Crippen LogP contribution in [-0.2, 0) is 75.1 Å². The van der Waals surface area contributed by atoms with Crippen molar-refractivity contribution in [3.63, 3.8) is 0 Å². The molecule has 0 bridgehead atoms. The van der Waals surface area contributed by atoms with E-state index in [2.05, 4.69) is 42.5 Å². The number of hydrogen-bond acceptors (Lipinski definition) is 14. The Balaban J connectivity index is 1.88. The summed E-state index contributed by atoms with van der Waals surface area (Å²) in [6.45, 7) is 7.14. The Morgan fingerprint density at radius 1 is 0.452 bits per heavy atom. The highest BCUT2D eigenvalue weighted by Gasteiger charge is 2.30. The predicted molar refractivity (Wildman–Crippen MR) is 268 cm³/mol. The Kier molecular flexibility index (Phi) is 28.4. The van der Waals surface area contributed by atoms with Crippen LogP contribution in [0.1, 0.15) is 78.4 Å². The standard InChI is InChI=1S/C51H73N9O13/c1-32(2)20-40(56-44(65)26-52-46(67)29-60(7)28-35(6)62)51(72)59-43(23-37-16-12-9-13-17-37)49(70)55-25-38(63)18-19-39(64)30-73-31-47(68)53-27-45(66)57-41(21-33(3)4)50(71)58-42(48(69)54-24-34(5)61)22-36-14-10-8-11-15-36/h8-17,32-33,40-43H,18-31H2,1-7H3,(H,52,67)(H,53,68)(H,54,69)(H,55,70)(H,56,65)(H,57,66)(H,58,71)(H,59,72). The summed E-state index contributed by atoms with van der Waals surface area (Å²) in [6, 6.07) is 13.3. The molecule has 0 aliphatic carbocycles. The van der Waals surface area contributed by atoms with E-state index < -0.39 is 116 Å². The van der Waals surface area contributed by atoms with Crippen LogP contribution in [0.15, 0.2) is 60.7 Å². The summed E-state index contributed by atoms with van der Waals surface area (Å²) in [5.41, 5.74) is 1.44. The molecule has 2 rings (SSSR count). The van der Waals surface area contributed by atoms with Crippen molar-refractivity contribution < 1.29 is 62.3 Å². The second kappa shape index (κ2) is 33.4. The van der Waals surface area contributed by atoms with Gasteiger partial charge in [0.05, 0.1) is 39.3 Å². The van der Waals surface area contributed by atoms with Crippen molar-refractivity contribution in [1.82, 2.24) is 47.4 Å². The van der Waals surface area contributed by atoms with Crippen LogP contribution in [0.5, 0.6) is 0 Å². The number of ether oxygens (including phenoxy) is 1. The van der Waals surface area contributed by atoms with E-state index in [9.17, 15) is 57.5 Å². The smallest absolute Gasteiger partial charge is 0.246 e. The van der Waals surface area contributed by atoms with Crippen LogP contribution < -0.4 is 42.5 Å². The first-order chi connectivity index (χ1) is 34.5. The third-order valence-electron chi connectivity index (χ3n) is 10.5. The van der Waals surface area contributed by atoms with Gasteiger partial charge in [-0.1, -0.05) is 88.4 Å². The highest BCUT2D eigenvalue weighted by molar-refractivity contribution is 5.96. The van der Waals surface area contributed by atoms with Crippen LogP contribution in [0, 0.1) is 11.8 Å². The lowest BCUT2D eigenvalue weighted by atomic mass is 10.0. The third-order valence-corrected chi connectivity index (χ3v) is 10.5. The van der Waals surface area contributed by atoms with Gasteiger partial charge < -0.3 is 47.3 Å². The zero-order chi connectivity index (χ0) is 54.5. The Morgan fingerprint density at radius 2 is 0.890 bits per heavy atom. The summed E-state index contributed by atoms with van der Waals surface area (Å²) < 4.78 is 5.19. The van der Waals surface area contributed by atoms with Crippen LogP contribution in [0.2, 0.25) is 0 Å². The lowest BCUT2D eigenvalue weighted by Crippen LogP contribution is -2.56. The molecule has 2 aromatic rings. The molecule has 0 spiro atoms. The number of nitrogens with zero attached hydrogens (tertiary/aromatic N) is 1. The molecule has 0 saturated carbocycles. The Morgan fingerprint density at radius 3 is 1.33 bits per heavy atom. The fourth-order valence-electron chi connectivity index (χ4n) is 7.05. The third kappa shape index (κ3) is 27.8. The average Bonchev–Trinajstić information content (AvgIpc) is 3.32. The van der Waals surface area contributed by atoms with E-state index in [0.717, 1.165) is 5.56 Å². The SMILES string of the molecule is CC(=O)CNC(=O)C(Cc1ccccc1)NC(=O)C(CC(C)C)NC(=O)CNC(=O)COCC(=O)CCC(=O)CNC(=O)C(Cc1ccccc1)NC(=O)C(CC(C)C)NC(=O)CNC(=O)CN(C)CC(C)=O. The van der Waals surface area contributed by atoms with Crippen LogP contribution in [-0.4, -0.2) is 159 Å². The Bertz CT molecular complexity index is 2210. The van der Waals surface area contributed by atoms with Gasteiger partial charge in [0.1, 0.15) is 48.9 Å². The first-order valence-electron chi connectivity index (χ1n) is 24.2. The predicted octanol–water partition coefficient (Wildman–Crippen LogP) is -0.987. The van der Waals surface area contributed by atoms with Crippen molar-refractivity contribution in [3.8, 4) is 0 Å². The largest absolute Gasteiger partial charge is 0.364 e. The monoisotopic (exact) mass is 1020 g/mol. The van der Waals surface area contributed by atoms with Gasteiger partial charge in [0.2, 0.25) is 47.3 Å². The number of carbonyl (C=O) groups excluding carboxylic acids is 12. The molecule has 73 heavy (non-hydrogen) atoms. The molecule has 8 amide bonds. The lowest BCUT2D eigenvalue weighted by molar-refractivity contribution is -0.134. The summed E-state index contributed by atoms with van der Waals surface area (Å²) in [4.78, 5) is 154. The van der Waals surface area contributed by atoms with E-state index in [1.54, 1.807) is 67.7 Å². The van der Waals surface area contributed by atoms with E-state index in [1.807, 2.05) is 27.7 Å². The molecule has 0 radical (unpaired) electrons. The zero-order valence-electron chi connectivity index (χ0n) is 42.9. The molecule has 0 fully saturated rings. The molecule has 0 aliphatic heterocycles. The number of amides is 8. The molecule has 0 heterocycles. The van der Waals surface area contributed by atoms with Crippen LogP contribution in [0.25, 0.3) is 0 Å². The molecule has 400 valence electrons. The summed E-state index contributed by atoms with van der Waals surface area (Å²) in [7, 11) is 1.58. The van der Waals surface area contributed by atoms with Gasteiger partial charge >= 0.3 is 0 Å². The fraction of sp³-hybridized carbons (Fsp3) is 0.529. The topological polar surface area (TPSA) is 314 Å². The summed E-state index contributed by atoms with van der Waals surface area (Å²) in [5, 5.41) is 20.4. The van der Waals surface area contributed by atoms with Gasteiger partial charge in [-0.05, 0) is 56.7 Å². The maximum Gasteiger partial charge on any atom is 0.246 e. The van der Waals surface area contributed by atoms with Crippen molar-refractivity contribution >= 4 is 70.4 Å². The van der Waals surface area contributed by atoms with Gasteiger partial charge in [0, 0.05) is 25.7 Å². The average molecular weight is 1020 g/mol. The van der Waals surface area contributed by atoms with E-state index >= 15 is 0 Å². The lowest BCUT2D eigenvalue weighted by Gasteiger charge is -2.24. The number of Topliss-reactive ketones (excluding diaryl/α,β-unsaturated/α-hetero) is 4. The normalized spacial score (nSPS) is 12.6. The van der Waals surface area contributed by atoms with Crippen molar-refractivity contribution in [2.75, 3.05) is 59.5 Å². The van der Waals surface area contributed by atoms with E-state index in [4.69, 9.17) is 4.74 Å². The maximum absolute atomic E-state index is 13.6. The number of rotatable bonds is 35. The zero-order valence-corrected chi connectivity index (χ0v) is 42.9. The van der Waals surface area contributed by atoms with E-state index in [1.165, 1.54) is 18.7 Å². The van der Waals surface area contributed by atoms with E-state index in [-0.39, 0.29) is 81.6 Å². The van der Waals surface area contributed by atoms with Crippen molar-refractivity contribution in [2.24, 2.45) is 11.8 Å². The second-order valence-corrected chi connectivity index (χ2v) is 18.6. The fourth-order valence-corrected chi connectivity index (χ4v) is 7.05. The van der Waals surface area contributed by atoms with Gasteiger partial charge in [-0.3, -0.25) is 62.4 Å². The first-order valence-corrected chi connectivity index (χ1v) is 24.2. The summed E-state index contributed by atoms with van der Waals surface area (Å²) >= 11 is 0. The van der Waals surface area contributed by atoms with Crippen LogP contribution in [0.3, 0.4) is 0 Å². The molecule has 0 saturated heterocycles. The van der Waals surface area contributed by atoms with Crippen LogP contribution in [0.4, 0.5) is 0 Å². The Hall–Kier alpha value is -7.20. The summed E-state index contributed by atoms with van der Waals surface area (Å²) in [6.07, 6.45) is -0.0174. The second-order valence-electron chi connectivity index (χ2n) is 18.6. The number of nitrogens with one attached hydrogen (secondary N) is 8. The van der Waals surface area contributed by atoms with Crippen molar-refractivity contribution in [2.45, 2.75) is 104 Å². The molecule has 0 aromatic heterocycles. The summed E-state index contributed by atoms with van der Waals surface area (Å²) in [5.74, 6) is -6.79. The van der Waals surface area contributed by atoms with Crippen molar-refractivity contribution in [1.29, 1.82) is 0 Å². The molecular weight excluding hydrogens is 947 g/mol. The number of benzene rings is 2. The minimum atomic E-state index is -1.18. The molecule has 4 unspecified atom stereocenters. The Labute approximate surface area is 426 Å². The molecule has 4 atom stereocenters. The van der Waals surface area contributed by atoms with Gasteiger partial charge in [0.15, 0.2) is 11.6 Å². The number of hydrogen-bond donors (Lipinski definition) is 8. The molecule has 22 nitrogen and oxygen atoms in total. The van der Waals surface area contributed by atoms with Gasteiger partial charge in [-0.15, -0.1) is 0 Å². The minimum Gasteiger partial charge on any atom is -0.364 e. The molecule has 2 aromatic carbocycles. The number of likely N-dealkylation sites (N-methyl/N-ethyl adjacent to an activating group) is 1. The van der Waals surface area contributed by atoms with E-state index in [0.29, 0.717) is 5.56 Å². The van der Waals surface area contributed by atoms with Gasteiger partial charge in [-0.25, -0.2) is 0 Å². The quantitative estimate of drug-likeness (QED) is 0.0412. The highest BCUT2D eigenvalue weighted by Crippen LogP contribution is 2.10. The van der Waals surface area contributed by atoms with Gasteiger partial charge in [-0.2, -0.15) is 0 Å². The highest BCUT2D eigenvalue weighted by atomic mass is 16.5. The minimum absolute atomic E-state index is 0.0324. The van der Waals surface area contributed by atoms with Crippen LogP contribution >= 0.6 is 0 Å². The number of ketones is 4. The van der Waals surface area contributed by atoms with Gasteiger partial charge in [0.25, 0.3) is 0 Å². The first kappa shape index (κ1) is 61.9. The molecule has 22 heteroatoms. The van der Waals surface area contributed by atoms with Crippen molar-refractivity contribution in [3.05, 3.63) is 71.8 Å². The molecule has 8 N–H and O–H groups in total. The maximum atomic E-state index is 13.6. The molecule has 0 aliphatic rings. The molecular formula is C51H73N9O13. The number of carbonyl (C=O) groups is 12.